The topological polar surface area (TPSA) is 0 Å². The minimum Gasteiger partial charge on any atom is -0.0622 e. The second-order valence-corrected chi connectivity index (χ2v) is 14.5. The van der Waals surface area contributed by atoms with Crippen molar-refractivity contribution in [1.29, 1.82) is 0 Å². The fourth-order valence-electron chi connectivity index (χ4n) is 8.71. The third kappa shape index (κ3) is 4.68. The van der Waals surface area contributed by atoms with Crippen LogP contribution in [0.2, 0.25) is 0 Å². The molecule has 0 aromatic heterocycles. The molecule has 0 saturated carbocycles. The van der Waals surface area contributed by atoms with Gasteiger partial charge in [0.05, 0.1) is 0 Å². The SMILES string of the molecule is CC1(C)c2ccc(-c3c4ccccc4c(-c4cc(-c5ccccc5)cc(-c5ccccc5)c4)c4ccccc34)cc2-c2cc3ccccc3cc21. The first-order valence-corrected chi connectivity index (χ1v) is 17.9. The van der Waals surface area contributed by atoms with Gasteiger partial charge in [0, 0.05) is 5.41 Å². The van der Waals surface area contributed by atoms with Crippen LogP contribution in [0.1, 0.15) is 25.0 Å². The molecule has 0 nitrogen and oxygen atoms in total. The molecule has 0 heteroatoms. The van der Waals surface area contributed by atoms with Crippen molar-refractivity contribution in [1.82, 2.24) is 0 Å². The van der Waals surface area contributed by atoms with Crippen molar-refractivity contribution >= 4 is 32.3 Å². The van der Waals surface area contributed by atoms with E-state index < -0.39 is 0 Å². The lowest BCUT2D eigenvalue weighted by Crippen LogP contribution is -2.14. The molecule has 0 heterocycles. The van der Waals surface area contributed by atoms with Gasteiger partial charge in [-0.25, -0.2) is 0 Å². The van der Waals surface area contributed by atoms with Crippen LogP contribution in [-0.4, -0.2) is 0 Å². The second-order valence-electron chi connectivity index (χ2n) is 14.5. The summed E-state index contributed by atoms with van der Waals surface area (Å²) in [6.07, 6.45) is 0. The highest BCUT2D eigenvalue weighted by atomic mass is 14.4. The first-order valence-electron chi connectivity index (χ1n) is 17.9. The van der Waals surface area contributed by atoms with Gasteiger partial charge in [-0.15, -0.1) is 0 Å². The monoisotopic (exact) mass is 648 g/mol. The van der Waals surface area contributed by atoms with Crippen LogP contribution in [0.5, 0.6) is 0 Å². The normalized spacial score (nSPS) is 13.1. The Kier molecular flexibility index (Phi) is 6.63. The average molecular weight is 649 g/mol. The molecule has 0 fully saturated rings. The zero-order valence-corrected chi connectivity index (χ0v) is 28.8. The lowest BCUT2D eigenvalue weighted by atomic mass is 9.81. The van der Waals surface area contributed by atoms with Gasteiger partial charge in [-0.2, -0.15) is 0 Å². The molecule has 51 heavy (non-hydrogen) atoms. The van der Waals surface area contributed by atoms with Gasteiger partial charge in [0.1, 0.15) is 0 Å². The van der Waals surface area contributed by atoms with Crippen molar-refractivity contribution in [2.24, 2.45) is 0 Å². The van der Waals surface area contributed by atoms with E-state index in [1.807, 2.05) is 0 Å². The minimum absolute atomic E-state index is 0.0680. The number of benzene rings is 9. The van der Waals surface area contributed by atoms with Gasteiger partial charge in [-0.1, -0.05) is 159 Å². The lowest BCUT2D eigenvalue weighted by molar-refractivity contribution is 0.661. The maximum absolute atomic E-state index is 2.47. The molecular weight excluding hydrogens is 613 g/mol. The van der Waals surface area contributed by atoms with Crippen molar-refractivity contribution in [3.8, 4) is 55.6 Å². The fourth-order valence-corrected chi connectivity index (χ4v) is 8.71. The molecule has 0 N–H and O–H groups in total. The Morgan fingerprint density at radius 1 is 0.294 bits per heavy atom. The molecule has 0 bridgehead atoms. The average Bonchev–Trinajstić information content (AvgIpc) is 3.40. The van der Waals surface area contributed by atoms with Crippen molar-refractivity contribution < 1.29 is 0 Å². The summed E-state index contributed by atoms with van der Waals surface area (Å²) in [6, 6.07) is 67.5. The molecule has 0 atom stereocenters. The first-order chi connectivity index (χ1) is 25.0. The second kappa shape index (κ2) is 11.4. The number of rotatable bonds is 4. The molecule has 0 unspecified atom stereocenters. The van der Waals surface area contributed by atoms with Crippen LogP contribution >= 0.6 is 0 Å². The Labute approximate surface area is 299 Å². The van der Waals surface area contributed by atoms with Gasteiger partial charge in [-0.3, -0.25) is 0 Å². The predicted octanol–water partition coefficient (Wildman–Crippen LogP) is 14.1. The van der Waals surface area contributed by atoms with Crippen LogP contribution in [-0.2, 0) is 5.41 Å². The van der Waals surface area contributed by atoms with Crippen LogP contribution < -0.4 is 0 Å². The number of fused-ring (bicyclic) bond motifs is 6. The summed E-state index contributed by atoms with van der Waals surface area (Å²) < 4.78 is 0. The smallest absolute Gasteiger partial charge is 0.0159 e. The predicted molar refractivity (Wildman–Crippen MR) is 218 cm³/mol. The Morgan fingerprint density at radius 3 is 1.27 bits per heavy atom. The molecule has 0 aliphatic heterocycles. The molecule has 0 spiro atoms. The summed E-state index contributed by atoms with van der Waals surface area (Å²) >= 11 is 0. The standard InChI is InChI=1S/C51H36/c1-51(2)47-26-25-37(31-45(47)46-30-35-19-9-10-20-36(35)32-48(46)51)49-41-21-11-13-23-43(41)50(44-24-14-12-22-42(44)49)40-28-38(33-15-5-3-6-16-33)27-39(29-40)34-17-7-4-8-18-34/h3-32H,1-2H3. The van der Waals surface area contributed by atoms with E-state index in [1.54, 1.807) is 0 Å². The molecule has 0 saturated heterocycles. The maximum Gasteiger partial charge on any atom is 0.0159 e. The Balaban J connectivity index is 1.24. The molecular formula is C51H36. The van der Waals surface area contributed by atoms with Gasteiger partial charge in [0.15, 0.2) is 0 Å². The van der Waals surface area contributed by atoms with Crippen molar-refractivity contribution in [3.63, 3.8) is 0 Å². The Bertz CT molecular complexity index is 2690. The summed E-state index contributed by atoms with van der Waals surface area (Å²) in [5, 5.41) is 7.67. The van der Waals surface area contributed by atoms with E-state index in [0.29, 0.717) is 0 Å². The first kappa shape index (κ1) is 29.7. The van der Waals surface area contributed by atoms with Crippen LogP contribution in [0.25, 0.3) is 88.0 Å². The summed E-state index contributed by atoms with van der Waals surface area (Å²) in [5.41, 5.74) is 15.4. The van der Waals surface area contributed by atoms with Gasteiger partial charge in [0.2, 0.25) is 0 Å². The fraction of sp³-hybridized carbons (Fsp3) is 0.0588. The lowest BCUT2D eigenvalue weighted by Gasteiger charge is -2.22. The van der Waals surface area contributed by atoms with Gasteiger partial charge in [-0.05, 0) is 135 Å². The Hall–Kier alpha value is -6.24. The summed E-state index contributed by atoms with van der Waals surface area (Å²) in [5.74, 6) is 0. The Morgan fingerprint density at radius 2 is 0.725 bits per heavy atom. The van der Waals surface area contributed by atoms with Gasteiger partial charge >= 0.3 is 0 Å². The molecule has 1 aliphatic rings. The molecule has 1 aliphatic carbocycles. The van der Waals surface area contributed by atoms with E-state index >= 15 is 0 Å². The van der Waals surface area contributed by atoms with Crippen LogP contribution in [0.15, 0.2) is 182 Å². The molecule has 240 valence electrons. The van der Waals surface area contributed by atoms with E-state index in [9.17, 15) is 0 Å². The van der Waals surface area contributed by atoms with E-state index in [-0.39, 0.29) is 5.41 Å². The van der Waals surface area contributed by atoms with Crippen molar-refractivity contribution in [3.05, 3.63) is 193 Å². The zero-order valence-electron chi connectivity index (χ0n) is 28.8. The number of hydrogen-bond acceptors (Lipinski definition) is 0. The summed E-state index contributed by atoms with van der Waals surface area (Å²) in [4.78, 5) is 0. The molecule has 0 radical (unpaired) electrons. The molecule has 10 rings (SSSR count). The van der Waals surface area contributed by atoms with Crippen LogP contribution in [0.4, 0.5) is 0 Å². The quantitative estimate of drug-likeness (QED) is 0.167. The van der Waals surface area contributed by atoms with E-state index in [2.05, 4.69) is 196 Å². The third-order valence-corrected chi connectivity index (χ3v) is 11.2. The third-order valence-electron chi connectivity index (χ3n) is 11.2. The molecule has 9 aromatic rings. The number of hydrogen-bond donors (Lipinski definition) is 0. The van der Waals surface area contributed by atoms with Gasteiger partial charge < -0.3 is 0 Å². The largest absolute Gasteiger partial charge is 0.0622 e. The van der Waals surface area contributed by atoms with E-state index in [4.69, 9.17) is 0 Å². The van der Waals surface area contributed by atoms with Crippen molar-refractivity contribution in [2.45, 2.75) is 19.3 Å². The van der Waals surface area contributed by atoms with E-state index in [0.717, 1.165) is 0 Å². The van der Waals surface area contributed by atoms with Crippen LogP contribution in [0, 0.1) is 0 Å². The highest BCUT2D eigenvalue weighted by Crippen LogP contribution is 2.52. The maximum atomic E-state index is 2.47. The molecule has 0 amide bonds. The van der Waals surface area contributed by atoms with E-state index in [1.165, 1.54) is 99.1 Å². The summed E-state index contributed by atoms with van der Waals surface area (Å²) in [6.45, 7) is 4.75. The summed E-state index contributed by atoms with van der Waals surface area (Å²) in [7, 11) is 0. The van der Waals surface area contributed by atoms with Crippen LogP contribution in [0.3, 0.4) is 0 Å². The minimum atomic E-state index is -0.0680. The highest BCUT2D eigenvalue weighted by Gasteiger charge is 2.36. The highest BCUT2D eigenvalue weighted by molar-refractivity contribution is 6.22. The zero-order chi connectivity index (χ0) is 34.1. The van der Waals surface area contributed by atoms with Gasteiger partial charge in [0.25, 0.3) is 0 Å². The van der Waals surface area contributed by atoms with Crippen molar-refractivity contribution in [2.75, 3.05) is 0 Å². The molecule has 9 aromatic carbocycles.